The minimum atomic E-state index is -0.532. The van der Waals surface area contributed by atoms with Crippen molar-refractivity contribution in [3.63, 3.8) is 0 Å². The molecule has 4 aromatic rings. The van der Waals surface area contributed by atoms with E-state index < -0.39 is 5.91 Å². The van der Waals surface area contributed by atoms with E-state index in [4.69, 9.17) is 16.8 Å². The van der Waals surface area contributed by atoms with Crippen molar-refractivity contribution in [3.8, 4) is 0 Å². The predicted octanol–water partition coefficient (Wildman–Crippen LogP) is 5.40. The first-order valence-electron chi connectivity index (χ1n) is 11.5. The highest BCUT2D eigenvalue weighted by atomic mass is 35.5. The Balaban J connectivity index is 1.37. The van der Waals surface area contributed by atoms with Gasteiger partial charge in [0.25, 0.3) is 5.91 Å². The van der Waals surface area contributed by atoms with Gasteiger partial charge in [-0.1, -0.05) is 35.9 Å². The van der Waals surface area contributed by atoms with Crippen molar-refractivity contribution in [1.82, 2.24) is 20.3 Å². The quantitative estimate of drug-likeness (QED) is 0.157. The summed E-state index contributed by atoms with van der Waals surface area (Å²) in [4.78, 5) is 20.6. The van der Waals surface area contributed by atoms with Gasteiger partial charge < -0.3 is 9.97 Å². The fourth-order valence-corrected chi connectivity index (χ4v) is 5.14. The number of benzene rings is 2. The lowest BCUT2D eigenvalue weighted by Crippen LogP contribution is -2.29. The molecule has 2 aromatic heterocycles. The maximum Gasteiger partial charge on any atom is 0.267 e. The Bertz CT molecular complexity index is 1330. The van der Waals surface area contributed by atoms with Crippen LogP contribution in [0.3, 0.4) is 0 Å². The third kappa shape index (κ3) is 4.80. The largest absolute Gasteiger partial charge is 0.364 e. The molecule has 174 valence electrons. The topological polar surface area (TPSA) is 84.2 Å². The molecule has 7 heteroatoms. The van der Waals surface area contributed by atoms with Crippen molar-refractivity contribution in [1.29, 1.82) is 0 Å². The normalized spacial score (nSPS) is 15.4. The molecule has 1 amide bonds. The molecule has 0 aliphatic heterocycles. The number of nitrogens with zero attached hydrogens (tertiary/aromatic N) is 1. The standard InChI is InChI=1S/C27H27ClN4O2/c28-21-6-8-23-20(16-30-25(23)15-21)11-13-32(17-22-2-1-12-29-22)26-9-5-19-14-18(3-7-24(19)26)4-10-27(33)31-34/h1-4,6-8,10,12,14-16,26,29-30,34H,5,9,11,13,17H2,(H,31,33)/b10-4+. The van der Waals surface area contributed by atoms with Crippen molar-refractivity contribution in [2.45, 2.75) is 31.8 Å². The van der Waals surface area contributed by atoms with Crippen LogP contribution in [0.15, 0.2) is 67.0 Å². The molecule has 0 fully saturated rings. The van der Waals surface area contributed by atoms with Crippen LogP contribution < -0.4 is 5.48 Å². The van der Waals surface area contributed by atoms with Gasteiger partial charge >= 0.3 is 0 Å². The minimum absolute atomic E-state index is 0.330. The highest BCUT2D eigenvalue weighted by molar-refractivity contribution is 6.31. The number of carbonyl (C=O) groups excluding carboxylic acids is 1. The highest BCUT2D eigenvalue weighted by Gasteiger charge is 2.28. The van der Waals surface area contributed by atoms with Gasteiger partial charge in [-0.05, 0) is 71.9 Å². The number of H-pyrrole nitrogens is 2. The van der Waals surface area contributed by atoms with E-state index in [1.165, 1.54) is 33.8 Å². The number of halogens is 1. The predicted molar refractivity (Wildman–Crippen MR) is 135 cm³/mol. The average molecular weight is 475 g/mol. The fraction of sp³-hybridized carbons (Fsp3) is 0.222. The van der Waals surface area contributed by atoms with Crippen molar-refractivity contribution in [2.24, 2.45) is 0 Å². The number of amides is 1. The second kappa shape index (κ2) is 9.89. The molecule has 0 bridgehead atoms. The van der Waals surface area contributed by atoms with Crippen LogP contribution in [0.25, 0.3) is 17.0 Å². The first kappa shape index (κ1) is 22.5. The summed E-state index contributed by atoms with van der Waals surface area (Å²) in [5.74, 6) is -0.532. The van der Waals surface area contributed by atoms with Crippen LogP contribution in [0.4, 0.5) is 0 Å². The Labute approximate surface area is 203 Å². The maximum atomic E-state index is 11.3. The van der Waals surface area contributed by atoms with E-state index in [1.54, 1.807) is 11.6 Å². The third-order valence-corrected chi connectivity index (χ3v) is 6.86. The molecule has 1 aliphatic carbocycles. The van der Waals surface area contributed by atoms with Crippen molar-refractivity contribution in [2.75, 3.05) is 6.54 Å². The van der Waals surface area contributed by atoms with Crippen molar-refractivity contribution < 1.29 is 10.0 Å². The van der Waals surface area contributed by atoms with Gasteiger partial charge in [0.1, 0.15) is 0 Å². The molecule has 1 aliphatic rings. The molecule has 1 atom stereocenters. The number of hydroxylamine groups is 1. The van der Waals surface area contributed by atoms with E-state index >= 15 is 0 Å². The number of carbonyl (C=O) groups is 1. The molecule has 5 rings (SSSR count). The summed E-state index contributed by atoms with van der Waals surface area (Å²) >= 11 is 6.16. The van der Waals surface area contributed by atoms with Crippen LogP contribution >= 0.6 is 11.6 Å². The summed E-state index contributed by atoms with van der Waals surface area (Å²) in [5, 5.41) is 10.7. The van der Waals surface area contributed by atoms with Crippen LogP contribution in [-0.2, 0) is 24.2 Å². The zero-order valence-corrected chi connectivity index (χ0v) is 19.5. The average Bonchev–Trinajstić information content (AvgIpc) is 3.59. The van der Waals surface area contributed by atoms with E-state index in [9.17, 15) is 4.79 Å². The van der Waals surface area contributed by atoms with Crippen LogP contribution in [0.5, 0.6) is 0 Å². The van der Waals surface area contributed by atoms with Crippen LogP contribution in [0, 0.1) is 0 Å². The number of aromatic nitrogens is 2. The Morgan fingerprint density at radius 3 is 2.94 bits per heavy atom. The molecular formula is C27H27ClN4O2. The van der Waals surface area contributed by atoms with Crippen LogP contribution in [-0.4, -0.2) is 32.5 Å². The fourth-order valence-electron chi connectivity index (χ4n) is 4.97. The molecular weight excluding hydrogens is 448 g/mol. The Hall–Kier alpha value is -3.32. The number of hydrogen-bond acceptors (Lipinski definition) is 3. The molecule has 0 saturated carbocycles. The summed E-state index contributed by atoms with van der Waals surface area (Å²) in [6.07, 6.45) is 10.1. The molecule has 34 heavy (non-hydrogen) atoms. The second-order valence-corrected chi connectivity index (χ2v) is 9.18. The SMILES string of the molecule is O=C(/C=C/c1ccc2c(c1)CCC2N(CCc1c[nH]c2cc(Cl)ccc12)Cc1ccc[nH]1)NO. The van der Waals surface area contributed by atoms with Crippen LogP contribution in [0.2, 0.25) is 5.02 Å². The van der Waals surface area contributed by atoms with E-state index in [0.29, 0.717) is 6.04 Å². The smallest absolute Gasteiger partial charge is 0.267 e. The summed E-state index contributed by atoms with van der Waals surface area (Å²) in [5.41, 5.74) is 8.81. The Kier molecular flexibility index (Phi) is 6.54. The van der Waals surface area contributed by atoms with Crippen molar-refractivity contribution in [3.05, 3.63) is 100.0 Å². The van der Waals surface area contributed by atoms with Crippen molar-refractivity contribution >= 4 is 34.5 Å². The minimum Gasteiger partial charge on any atom is -0.364 e. The molecule has 6 nitrogen and oxygen atoms in total. The van der Waals surface area contributed by atoms with Gasteiger partial charge in [0.2, 0.25) is 0 Å². The second-order valence-electron chi connectivity index (χ2n) is 8.74. The number of fused-ring (bicyclic) bond motifs is 2. The van der Waals surface area contributed by atoms with Crippen LogP contribution in [0.1, 0.15) is 40.4 Å². The zero-order valence-electron chi connectivity index (χ0n) is 18.7. The molecule has 2 aromatic carbocycles. The molecule has 0 saturated heterocycles. The van der Waals surface area contributed by atoms with Gasteiger partial charge in [0.05, 0.1) is 0 Å². The number of nitrogens with one attached hydrogen (secondary N) is 3. The van der Waals surface area contributed by atoms with Gasteiger partial charge in [-0.3, -0.25) is 14.9 Å². The van der Waals surface area contributed by atoms with Gasteiger partial charge in [-0.25, -0.2) is 5.48 Å². The number of aromatic amines is 2. The lowest BCUT2D eigenvalue weighted by molar-refractivity contribution is -0.124. The molecule has 0 spiro atoms. The number of aryl methyl sites for hydroxylation is 1. The molecule has 1 unspecified atom stereocenters. The number of hydrogen-bond donors (Lipinski definition) is 4. The van der Waals surface area contributed by atoms with E-state index in [0.717, 1.165) is 48.5 Å². The summed E-state index contributed by atoms with van der Waals surface area (Å²) in [6.45, 7) is 1.78. The summed E-state index contributed by atoms with van der Waals surface area (Å²) in [6, 6.07) is 16.9. The third-order valence-electron chi connectivity index (χ3n) is 6.62. The van der Waals surface area contributed by atoms with Gasteiger partial charge in [-0.2, -0.15) is 0 Å². The zero-order chi connectivity index (χ0) is 23.5. The van der Waals surface area contributed by atoms with E-state index in [-0.39, 0.29) is 0 Å². The van der Waals surface area contributed by atoms with E-state index in [2.05, 4.69) is 45.3 Å². The molecule has 2 heterocycles. The lowest BCUT2D eigenvalue weighted by Gasteiger charge is -2.29. The summed E-state index contributed by atoms with van der Waals surface area (Å²) in [7, 11) is 0. The van der Waals surface area contributed by atoms with E-state index in [1.807, 2.05) is 30.5 Å². The Morgan fingerprint density at radius 2 is 2.12 bits per heavy atom. The lowest BCUT2D eigenvalue weighted by atomic mass is 10.0. The summed E-state index contributed by atoms with van der Waals surface area (Å²) < 4.78 is 0. The molecule has 4 N–H and O–H groups in total. The first-order valence-corrected chi connectivity index (χ1v) is 11.9. The highest BCUT2D eigenvalue weighted by Crippen LogP contribution is 2.37. The Morgan fingerprint density at radius 1 is 1.21 bits per heavy atom. The monoisotopic (exact) mass is 474 g/mol. The maximum absolute atomic E-state index is 11.3. The van der Waals surface area contributed by atoms with Gasteiger partial charge in [-0.15, -0.1) is 0 Å². The molecule has 0 radical (unpaired) electrons. The van der Waals surface area contributed by atoms with Gasteiger partial charge in [0, 0.05) is 59.2 Å². The number of rotatable bonds is 8. The first-order chi connectivity index (χ1) is 16.6. The van der Waals surface area contributed by atoms with Gasteiger partial charge in [0.15, 0.2) is 0 Å².